The maximum Gasteiger partial charge on any atom is 0.256 e. The van der Waals surface area contributed by atoms with E-state index in [9.17, 15) is 4.79 Å². The lowest BCUT2D eigenvalue weighted by Crippen LogP contribution is -2.25. The van der Waals surface area contributed by atoms with Crippen molar-refractivity contribution < 1.29 is 4.79 Å². The van der Waals surface area contributed by atoms with Crippen LogP contribution in [0, 0.1) is 6.92 Å². The number of nitrogens with two attached hydrogens (primary N) is 1. The van der Waals surface area contributed by atoms with Crippen LogP contribution >= 0.6 is 11.3 Å². The number of rotatable bonds is 3. The fourth-order valence-electron chi connectivity index (χ4n) is 2.37. The molecule has 0 atom stereocenters. The van der Waals surface area contributed by atoms with E-state index in [4.69, 9.17) is 5.73 Å². The predicted molar refractivity (Wildman–Crippen MR) is 87.6 cm³/mol. The van der Waals surface area contributed by atoms with E-state index in [0.717, 1.165) is 10.9 Å². The second-order valence-corrected chi connectivity index (χ2v) is 6.20. The highest BCUT2D eigenvalue weighted by atomic mass is 32.1. The summed E-state index contributed by atoms with van der Waals surface area (Å²) in [5, 5.41) is 2.92. The molecule has 3 rings (SSSR count). The fraction of sp³-hybridized carbons (Fsp3) is 0.188. The zero-order valence-electron chi connectivity index (χ0n) is 12.0. The summed E-state index contributed by atoms with van der Waals surface area (Å²) in [4.78, 5) is 18.7. The van der Waals surface area contributed by atoms with Crippen molar-refractivity contribution in [2.75, 3.05) is 12.8 Å². The lowest BCUT2D eigenvalue weighted by atomic mass is 10.1. The number of aromatic amines is 1. The van der Waals surface area contributed by atoms with Gasteiger partial charge in [-0.15, -0.1) is 11.3 Å². The van der Waals surface area contributed by atoms with Gasteiger partial charge in [-0.05, 0) is 42.1 Å². The third-order valence-electron chi connectivity index (χ3n) is 3.63. The van der Waals surface area contributed by atoms with Crippen LogP contribution in [0.25, 0.3) is 10.9 Å². The normalized spacial score (nSPS) is 11.0. The molecule has 2 heterocycles. The molecule has 21 heavy (non-hydrogen) atoms. The van der Waals surface area contributed by atoms with Gasteiger partial charge in [0.25, 0.3) is 5.91 Å². The summed E-state index contributed by atoms with van der Waals surface area (Å²) < 4.78 is 0. The van der Waals surface area contributed by atoms with E-state index in [-0.39, 0.29) is 5.91 Å². The van der Waals surface area contributed by atoms with Crippen LogP contribution in [0.15, 0.2) is 35.8 Å². The number of aryl methyl sites for hydroxylation is 1. The molecular weight excluding hydrogens is 282 g/mol. The monoisotopic (exact) mass is 299 g/mol. The van der Waals surface area contributed by atoms with Gasteiger partial charge >= 0.3 is 0 Å². The van der Waals surface area contributed by atoms with Gasteiger partial charge in [-0.3, -0.25) is 4.79 Å². The summed E-state index contributed by atoms with van der Waals surface area (Å²) in [5.41, 5.74) is 9.29. The first kappa shape index (κ1) is 13.7. The van der Waals surface area contributed by atoms with E-state index in [1.807, 2.05) is 25.2 Å². The number of hydrogen-bond donors (Lipinski definition) is 2. The smallest absolute Gasteiger partial charge is 0.256 e. The number of carbonyl (C=O) groups excluding carboxylic acids is 1. The molecule has 0 saturated heterocycles. The van der Waals surface area contributed by atoms with Gasteiger partial charge in [0, 0.05) is 34.7 Å². The number of nitrogen functional groups attached to an aromatic ring is 1. The molecule has 0 aliphatic carbocycles. The number of amides is 1. The number of H-pyrrole nitrogens is 1. The van der Waals surface area contributed by atoms with Gasteiger partial charge in [0.1, 0.15) is 0 Å². The molecule has 5 heteroatoms. The first-order chi connectivity index (χ1) is 10.1. The van der Waals surface area contributed by atoms with Crippen molar-refractivity contribution in [1.29, 1.82) is 0 Å². The largest absolute Gasteiger partial charge is 0.399 e. The second kappa shape index (κ2) is 5.26. The lowest BCUT2D eigenvalue weighted by Gasteiger charge is -2.16. The lowest BCUT2D eigenvalue weighted by molar-refractivity contribution is 0.0788. The fourth-order valence-corrected chi connectivity index (χ4v) is 3.33. The standard InChI is InChI=1S/C16H17N3OS/c1-10-5-6-21-15(10)9-19(2)16(20)13-8-18-14-4-3-11(17)7-12(13)14/h3-8,18H,9,17H2,1-2H3. The molecule has 0 aliphatic heterocycles. The van der Waals surface area contributed by atoms with Gasteiger partial charge in [-0.1, -0.05) is 0 Å². The number of nitrogens with zero attached hydrogens (tertiary/aromatic N) is 1. The number of benzene rings is 1. The Balaban J connectivity index is 1.89. The zero-order chi connectivity index (χ0) is 15.0. The SMILES string of the molecule is Cc1ccsc1CN(C)C(=O)c1c[nH]c2ccc(N)cc12. The number of carbonyl (C=O) groups is 1. The quantitative estimate of drug-likeness (QED) is 0.728. The summed E-state index contributed by atoms with van der Waals surface area (Å²) in [6, 6.07) is 7.63. The molecule has 0 fully saturated rings. The molecule has 1 aromatic carbocycles. The Kier molecular flexibility index (Phi) is 3.43. The van der Waals surface area contributed by atoms with Gasteiger partial charge in [0.15, 0.2) is 0 Å². The van der Waals surface area contributed by atoms with Crippen LogP contribution in [0.1, 0.15) is 20.8 Å². The Bertz CT molecular complexity index is 803. The Morgan fingerprint density at radius 1 is 1.38 bits per heavy atom. The average molecular weight is 299 g/mol. The number of nitrogens with one attached hydrogen (secondary N) is 1. The van der Waals surface area contributed by atoms with Crippen LogP contribution in [0.2, 0.25) is 0 Å². The van der Waals surface area contributed by atoms with Gasteiger partial charge in [-0.2, -0.15) is 0 Å². The average Bonchev–Trinajstić information content (AvgIpc) is 3.04. The van der Waals surface area contributed by atoms with Crippen LogP contribution in [0.4, 0.5) is 5.69 Å². The van der Waals surface area contributed by atoms with Crippen molar-refractivity contribution in [2.45, 2.75) is 13.5 Å². The van der Waals surface area contributed by atoms with Crippen molar-refractivity contribution in [3.05, 3.63) is 51.8 Å². The Labute approximate surface area is 127 Å². The highest BCUT2D eigenvalue weighted by Crippen LogP contribution is 2.23. The number of thiophene rings is 1. The Morgan fingerprint density at radius 3 is 2.90 bits per heavy atom. The van der Waals surface area contributed by atoms with E-state index in [1.165, 1.54) is 10.4 Å². The van der Waals surface area contributed by atoms with Crippen molar-refractivity contribution in [3.8, 4) is 0 Å². The minimum absolute atomic E-state index is 0.000324. The number of hydrogen-bond acceptors (Lipinski definition) is 3. The summed E-state index contributed by atoms with van der Waals surface area (Å²) in [5.74, 6) is -0.000324. The van der Waals surface area contributed by atoms with Gasteiger partial charge < -0.3 is 15.6 Å². The van der Waals surface area contributed by atoms with Crippen LogP contribution in [0.3, 0.4) is 0 Å². The summed E-state index contributed by atoms with van der Waals surface area (Å²) >= 11 is 1.68. The third-order valence-corrected chi connectivity index (χ3v) is 4.64. The molecule has 0 bridgehead atoms. The topological polar surface area (TPSA) is 62.1 Å². The van der Waals surface area contributed by atoms with E-state index in [1.54, 1.807) is 22.4 Å². The number of fused-ring (bicyclic) bond motifs is 1. The molecule has 4 nitrogen and oxygen atoms in total. The first-order valence-electron chi connectivity index (χ1n) is 6.71. The van der Waals surface area contributed by atoms with E-state index in [0.29, 0.717) is 17.8 Å². The third kappa shape index (κ3) is 2.52. The maximum absolute atomic E-state index is 12.6. The molecule has 0 aliphatic rings. The first-order valence-corrected chi connectivity index (χ1v) is 7.59. The zero-order valence-corrected chi connectivity index (χ0v) is 12.8. The summed E-state index contributed by atoms with van der Waals surface area (Å²) in [7, 11) is 1.83. The predicted octanol–water partition coefficient (Wildman–Crippen LogP) is 3.39. The molecule has 0 unspecified atom stereocenters. The molecule has 3 aromatic rings. The molecule has 0 radical (unpaired) electrons. The van der Waals surface area contributed by atoms with E-state index >= 15 is 0 Å². The van der Waals surface area contributed by atoms with Gasteiger partial charge in [-0.25, -0.2) is 0 Å². The Morgan fingerprint density at radius 2 is 2.19 bits per heavy atom. The highest BCUT2D eigenvalue weighted by Gasteiger charge is 2.17. The van der Waals surface area contributed by atoms with Crippen LogP contribution in [-0.2, 0) is 6.54 Å². The number of aromatic nitrogens is 1. The molecule has 0 saturated carbocycles. The molecule has 2 aromatic heterocycles. The minimum atomic E-state index is -0.000324. The van der Waals surface area contributed by atoms with Gasteiger partial charge in [0.2, 0.25) is 0 Å². The van der Waals surface area contributed by atoms with E-state index < -0.39 is 0 Å². The molecule has 108 valence electrons. The molecule has 0 spiro atoms. The van der Waals surface area contributed by atoms with Crippen molar-refractivity contribution in [2.24, 2.45) is 0 Å². The van der Waals surface area contributed by atoms with Crippen molar-refractivity contribution in [1.82, 2.24) is 9.88 Å². The second-order valence-electron chi connectivity index (χ2n) is 5.20. The van der Waals surface area contributed by atoms with Crippen LogP contribution in [0.5, 0.6) is 0 Å². The summed E-state index contributed by atoms with van der Waals surface area (Å²) in [6.45, 7) is 2.69. The van der Waals surface area contributed by atoms with E-state index in [2.05, 4.69) is 23.4 Å². The molecule has 1 amide bonds. The molecular formula is C16H17N3OS. The highest BCUT2D eigenvalue weighted by molar-refractivity contribution is 7.10. The van der Waals surface area contributed by atoms with Crippen molar-refractivity contribution >= 4 is 33.8 Å². The van der Waals surface area contributed by atoms with Crippen LogP contribution < -0.4 is 5.73 Å². The molecule has 3 N–H and O–H groups in total. The van der Waals surface area contributed by atoms with Crippen molar-refractivity contribution in [3.63, 3.8) is 0 Å². The maximum atomic E-state index is 12.6. The van der Waals surface area contributed by atoms with Gasteiger partial charge in [0.05, 0.1) is 12.1 Å². The van der Waals surface area contributed by atoms with Crippen LogP contribution in [-0.4, -0.2) is 22.8 Å². The number of anilines is 1. The minimum Gasteiger partial charge on any atom is -0.399 e. The Hall–Kier alpha value is -2.27. The summed E-state index contributed by atoms with van der Waals surface area (Å²) in [6.07, 6.45) is 1.75.